The standard InChI is InChI=1S/C19H15Br2N3O4/c1-3-28-18-15(20)8-12(9-16(18)21)7-13(10-22)19(25)23-17-5-4-14(24(26)27)6-11(17)2/h4-9H,3H2,1-2H3,(H,23,25)/b13-7-. The smallest absolute Gasteiger partial charge is 0.269 e. The molecule has 1 amide bonds. The molecule has 0 bridgehead atoms. The first-order chi connectivity index (χ1) is 13.3. The van der Waals surface area contributed by atoms with Crippen LogP contribution in [-0.4, -0.2) is 17.4 Å². The van der Waals surface area contributed by atoms with Gasteiger partial charge in [-0.1, -0.05) is 0 Å². The zero-order chi connectivity index (χ0) is 20.8. The number of nitriles is 1. The van der Waals surface area contributed by atoms with E-state index in [4.69, 9.17) is 4.74 Å². The number of nitrogens with one attached hydrogen (secondary N) is 1. The predicted octanol–water partition coefficient (Wildman–Crippen LogP) is 5.37. The lowest BCUT2D eigenvalue weighted by Crippen LogP contribution is -2.14. The summed E-state index contributed by atoms with van der Waals surface area (Å²) < 4.78 is 6.87. The van der Waals surface area contributed by atoms with Crippen molar-refractivity contribution in [3.63, 3.8) is 0 Å². The maximum absolute atomic E-state index is 12.5. The van der Waals surface area contributed by atoms with Crippen molar-refractivity contribution in [1.29, 1.82) is 5.26 Å². The number of non-ortho nitro benzene ring substituents is 1. The first kappa shape index (κ1) is 21.6. The first-order valence-electron chi connectivity index (χ1n) is 8.06. The molecule has 9 heteroatoms. The molecule has 0 unspecified atom stereocenters. The van der Waals surface area contributed by atoms with Crippen LogP contribution in [0.15, 0.2) is 44.9 Å². The van der Waals surface area contributed by atoms with Gasteiger partial charge in [0.15, 0.2) is 0 Å². The normalized spacial score (nSPS) is 10.9. The lowest BCUT2D eigenvalue weighted by atomic mass is 10.1. The van der Waals surface area contributed by atoms with E-state index in [-0.39, 0.29) is 11.3 Å². The van der Waals surface area contributed by atoms with E-state index in [2.05, 4.69) is 37.2 Å². The second-order valence-corrected chi connectivity index (χ2v) is 7.34. The van der Waals surface area contributed by atoms with E-state index >= 15 is 0 Å². The molecule has 144 valence electrons. The quantitative estimate of drug-likeness (QED) is 0.244. The highest BCUT2D eigenvalue weighted by Gasteiger charge is 2.14. The van der Waals surface area contributed by atoms with Crippen LogP contribution in [0.4, 0.5) is 11.4 Å². The number of carbonyl (C=O) groups is 1. The van der Waals surface area contributed by atoms with E-state index in [1.54, 1.807) is 19.1 Å². The molecule has 0 saturated heterocycles. The molecule has 0 aliphatic carbocycles. The minimum absolute atomic E-state index is 0.0735. The molecule has 7 nitrogen and oxygen atoms in total. The molecule has 2 aromatic carbocycles. The van der Waals surface area contributed by atoms with Gasteiger partial charge in [0.05, 0.1) is 20.5 Å². The van der Waals surface area contributed by atoms with Crippen LogP contribution in [0.2, 0.25) is 0 Å². The molecule has 2 rings (SSSR count). The molecule has 0 saturated carbocycles. The fourth-order valence-corrected chi connectivity index (χ4v) is 3.80. The fourth-order valence-electron chi connectivity index (χ4n) is 2.35. The Bertz CT molecular complexity index is 990. The number of rotatable bonds is 6. The number of ether oxygens (including phenoxy) is 1. The maximum atomic E-state index is 12.5. The largest absolute Gasteiger partial charge is 0.492 e. The van der Waals surface area contributed by atoms with Crippen molar-refractivity contribution in [3.8, 4) is 11.8 Å². The molecule has 0 atom stereocenters. The highest BCUT2D eigenvalue weighted by molar-refractivity contribution is 9.11. The number of halogens is 2. The Morgan fingerprint density at radius 2 is 1.96 bits per heavy atom. The van der Waals surface area contributed by atoms with Crippen molar-refractivity contribution >= 4 is 55.2 Å². The monoisotopic (exact) mass is 507 g/mol. The van der Waals surface area contributed by atoms with Gasteiger partial charge < -0.3 is 10.1 Å². The summed E-state index contributed by atoms with van der Waals surface area (Å²) >= 11 is 6.81. The highest BCUT2D eigenvalue weighted by atomic mass is 79.9. The molecule has 0 aliphatic heterocycles. The van der Waals surface area contributed by atoms with Crippen LogP contribution in [0, 0.1) is 28.4 Å². The average Bonchev–Trinajstić information content (AvgIpc) is 2.64. The zero-order valence-electron chi connectivity index (χ0n) is 15.0. The second-order valence-electron chi connectivity index (χ2n) is 5.63. The number of nitro groups is 1. The van der Waals surface area contributed by atoms with Crippen LogP contribution < -0.4 is 10.1 Å². The summed E-state index contributed by atoms with van der Waals surface area (Å²) in [6, 6.07) is 9.42. The van der Waals surface area contributed by atoms with Crippen molar-refractivity contribution in [2.24, 2.45) is 0 Å². The van der Waals surface area contributed by atoms with Gasteiger partial charge in [0.2, 0.25) is 0 Å². The molecule has 0 fully saturated rings. The molecular weight excluding hydrogens is 494 g/mol. The molecule has 28 heavy (non-hydrogen) atoms. The Balaban J connectivity index is 2.29. The molecule has 0 radical (unpaired) electrons. The molecule has 0 heterocycles. The summed E-state index contributed by atoms with van der Waals surface area (Å²) in [5.41, 5.74) is 1.35. The number of benzene rings is 2. The average molecular weight is 509 g/mol. The van der Waals surface area contributed by atoms with Crippen molar-refractivity contribution in [1.82, 2.24) is 0 Å². The van der Waals surface area contributed by atoms with Gasteiger partial charge in [0.1, 0.15) is 17.4 Å². The zero-order valence-corrected chi connectivity index (χ0v) is 18.1. The summed E-state index contributed by atoms with van der Waals surface area (Å²) in [6.07, 6.45) is 1.45. The highest BCUT2D eigenvalue weighted by Crippen LogP contribution is 2.35. The van der Waals surface area contributed by atoms with Gasteiger partial charge in [-0.3, -0.25) is 14.9 Å². The van der Waals surface area contributed by atoms with Crippen LogP contribution in [0.3, 0.4) is 0 Å². The van der Waals surface area contributed by atoms with Gasteiger partial charge in [-0.2, -0.15) is 5.26 Å². The molecule has 2 aromatic rings. The SMILES string of the molecule is CCOc1c(Br)cc(/C=C(/C#N)C(=O)Nc2ccc([N+](=O)[O-])cc2C)cc1Br. The van der Waals surface area contributed by atoms with Gasteiger partial charge in [-0.05, 0) is 81.1 Å². The van der Waals surface area contributed by atoms with Crippen molar-refractivity contribution in [2.75, 3.05) is 11.9 Å². The van der Waals surface area contributed by atoms with Gasteiger partial charge in [-0.25, -0.2) is 0 Å². The third-order valence-corrected chi connectivity index (χ3v) is 4.83. The third kappa shape index (κ3) is 5.18. The Labute approximate surface area is 178 Å². The van der Waals surface area contributed by atoms with Crippen molar-refractivity contribution in [3.05, 3.63) is 66.1 Å². The topological polar surface area (TPSA) is 105 Å². The molecule has 0 aromatic heterocycles. The number of hydrogen-bond acceptors (Lipinski definition) is 5. The van der Waals surface area contributed by atoms with Gasteiger partial charge in [-0.15, -0.1) is 0 Å². The number of nitro benzene ring substituents is 1. The van der Waals surface area contributed by atoms with E-state index in [0.717, 1.165) is 0 Å². The van der Waals surface area contributed by atoms with Crippen LogP contribution in [0.1, 0.15) is 18.1 Å². The number of nitrogens with zero attached hydrogens (tertiary/aromatic N) is 2. The number of hydrogen-bond donors (Lipinski definition) is 1. The Kier molecular flexibility index (Phi) is 7.31. The Hall–Kier alpha value is -2.70. The van der Waals surface area contributed by atoms with Crippen LogP contribution in [-0.2, 0) is 4.79 Å². The number of carbonyl (C=O) groups excluding carboxylic acids is 1. The third-order valence-electron chi connectivity index (χ3n) is 3.65. The van der Waals surface area contributed by atoms with E-state index in [1.807, 2.05) is 13.0 Å². The Morgan fingerprint density at radius 3 is 2.46 bits per heavy atom. The predicted molar refractivity (Wildman–Crippen MR) is 113 cm³/mol. The van der Waals surface area contributed by atoms with Gasteiger partial charge in [0.25, 0.3) is 11.6 Å². The minimum atomic E-state index is -0.611. The van der Waals surface area contributed by atoms with Crippen molar-refractivity contribution < 1.29 is 14.5 Å². The van der Waals surface area contributed by atoms with E-state index in [1.165, 1.54) is 24.3 Å². The van der Waals surface area contributed by atoms with E-state index < -0.39 is 10.8 Å². The number of anilines is 1. The summed E-state index contributed by atoms with van der Waals surface area (Å²) in [7, 11) is 0. The molecule has 0 spiro atoms. The first-order valence-corrected chi connectivity index (χ1v) is 9.65. The number of amides is 1. The van der Waals surface area contributed by atoms with Crippen LogP contribution in [0.5, 0.6) is 5.75 Å². The summed E-state index contributed by atoms with van der Waals surface area (Å²) in [4.78, 5) is 22.8. The Morgan fingerprint density at radius 1 is 1.32 bits per heavy atom. The minimum Gasteiger partial charge on any atom is -0.492 e. The molecular formula is C19H15Br2N3O4. The van der Waals surface area contributed by atoms with E-state index in [0.29, 0.717) is 38.1 Å². The lowest BCUT2D eigenvalue weighted by molar-refractivity contribution is -0.384. The second kappa shape index (κ2) is 9.48. The summed E-state index contributed by atoms with van der Waals surface area (Å²) in [5, 5.41) is 22.8. The number of aryl methyl sites for hydroxylation is 1. The lowest BCUT2D eigenvalue weighted by Gasteiger charge is -2.10. The summed E-state index contributed by atoms with van der Waals surface area (Å²) in [5.74, 6) is 0.0182. The molecule has 1 N–H and O–H groups in total. The van der Waals surface area contributed by atoms with Crippen LogP contribution in [0.25, 0.3) is 6.08 Å². The van der Waals surface area contributed by atoms with Crippen LogP contribution >= 0.6 is 31.9 Å². The van der Waals surface area contributed by atoms with Gasteiger partial charge in [0, 0.05) is 17.8 Å². The molecule has 0 aliphatic rings. The van der Waals surface area contributed by atoms with Crippen molar-refractivity contribution in [2.45, 2.75) is 13.8 Å². The van der Waals surface area contributed by atoms with Gasteiger partial charge >= 0.3 is 0 Å². The maximum Gasteiger partial charge on any atom is 0.269 e. The summed E-state index contributed by atoms with van der Waals surface area (Å²) in [6.45, 7) is 4.00. The van der Waals surface area contributed by atoms with E-state index in [9.17, 15) is 20.2 Å². The fraction of sp³-hybridized carbons (Fsp3) is 0.158.